The molecule has 132 valence electrons. The molecule has 0 aromatic heterocycles. The number of aliphatic hydroxyl groups is 3. The van der Waals surface area contributed by atoms with Gasteiger partial charge in [-0.1, -0.05) is 32.4 Å². The maximum atomic E-state index is 13.6. The van der Waals surface area contributed by atoms with Gasteiger partial charge in [-0.25, -0.2) is 8.78 Å². The summed E-state index contributed by atoms with van der Waals surface area (Å²) in [7, 11) is 0. The van der Waals surface area contributed by atoms with Crippen LogP contribution in [0.25, 0.3) is 0 Å². The number of hydrogen-bond acceptors (Lipinski definition) is 3. The molecule has 0 atom stereocenters. The van der Waals surface area contributed by atoms with Crippen LogP contribution in [-0.4, -0.2) is 28.5 Å². The van der Waals surface area contributed by atoms with Gasteiger partial charge in [-0.3, -0.25) is 0 Å². The molecule has 0 bridgehead atoms. The lowest BCUT2D eigenvalue weighted by molar-refractivity contribution is 0.162. The van der Waals surface area contributed by atoms with E-state index in [1.54, 1.807) is 6.92 Å². The summed E-state index contributed by atoms with van der Waals surface area (Å²) in [6.07, 6.45) is 2.80. The van der Waals surface area contributed by atoms with Crippen LogP contribution in [0.2, 0.25) is 0 Å². The fourth-order valence-corrected chi connectivity index (χ4v) is 1.82. The standard InChI is InChI=1S/C14H18F2O.C4H10O2/c1-3-4-10(2)5-6-12-13(15)7-11(9-17)8-14(12)16;1-4(2-5)3-6/h7-8,17H,2-6,9H2,1H3;4-6H,2-3H2,1H3. The number of allylic oxidation sites excluding steroid dienone is 1. The quantitative estimate of drug-likeness (QED) is 0.641. The number of rotatable bonds is 8. The van der Waals surface area contributed by atoms with Gasteiger partial charge in [0, 0.05) is 24.7 Å². The molecule has 0 heterocycles. The summed E-state index contributed by atoms with van der Waals surface area (Å²) in [5, 5.41) is 25.2. The number of hydrogen-bond donors (Lipinski definition) is 3. The van der Waals surface area contributed by atoms with Gasteiger partial charge in [-0.15, -0.1) is 0 Å². The molecule has 23 heavy (non-hydrogen) atoms. The van der Waals surface area contributed by atoms with Crippen LogP contribution < -0.4 is 0 Å². The van der Waals surface area contributed by atoms with Crippen molar-refractivity contribution in [1.29, 1.82) is 0 Å². The van der Waals surface area contributed by atoms with Gasteiger partial charge in [0.1, 0.15) is 11.6 Å². The molecule has 1 rings (SSSR count). The van der Waals surface area contributed by atoms with Crippen molar-refractivity contribution in [1.82, 2.24) is 0 Å². The summed E-state index contributed by atoms with van der Waals surface area (Å²) in [5.41, 5.74) is 1.35. The summed E-state index contributed by atoms with van der Waals surface area (Å²) in [5.74, 6) is -1.12. The molecule has 3 N–H and O–H groups in total. The Bertz CT molecular complexity index is 448. The Hall–Kier alpha value is -1.30. The van der Waals surface area contributed by atoms with Crippen molar-refractivity contribution in [2.45, 2.75) is 46.1 Å². The molecular formula is C18H28F2O3. The lowest BCUT2D eigenvalue weighted by atomic mass is 10.0. The molecule has 3 nitrogen and oxygen atoms in total. The Kier molecular flexibility index (Phi) is 11.5. The van der Waals surface area contributed by atoms with E-state index >= 15 is 0 Å². The van der Waals surface area contributed by atoms with Gasteiger partial charge in [-0.05, 0) is 37.0 Å². The van der Waals surface area contributed by atoms with Crippen LogP contribution in [0.5, 0.6) is 0 Å². The zero-order valence-electron chi connectivity index (χ0n) is 14.0. The van der Waals surface area contributed by atoms with Crippen molar-refractivity contribution in [3.63, 3.8) is 0 Å². The Morgan fingerprint density at radius 3 is 1.96 bits per heavy atom. The predicted molar refractivity (Wildman–Crippen MR) is 88.0 cm³/mol. The van der Waals surface area contributed by atoms with Gasteiger partial charge in [0.25, 0.3) is 0 Å². The maximum absolute atomic E-state index is 13.6. The normalized spacial score (nSPS) is 10.4. The molecule has 0 radical (unpaired) electrons. The third-order valence-electron chi connectivity index (χ3n) is 3.34. The van der Waals surface area contributed by atoms with Crippen molar-refractivity contribution < 1.29 is 24.1 Å². The first-order valence-corrected chi connectivity index (χ1v) is 7.85. The van der Waals surface area contributed by atoms with Crippen LogP contribution >= 0.6 is 0 Å². The molecule has 0 aliphatic heterocycles. The minimum absolute atomic E-state index is 0.0463. The van der Waals surface area contributed by atoms with E-state index in [-0.39, 0.29) is 36.9 Å². The van der Waals surface area contributed by atoms with Crippen LogP contribution in [0.4, 0.5) is 8.78 Å². The SMILES string of the molecule is C=C(CCC)CCc1c(F)cc(CO)cc1F.CC(CO)CO. The minimum atomic E-state index is -0.585. The molecule has 0 saturated heterocycles. The highest BCUT2D eigenvalue weighted by molar-refractivity contribution is 5.26. The lowest BCUT2D eigenvalue weighted by Gasteiger charge is -2.08. The summed E-state index contributed by atoms with van der Waals surface area (Å²) in [6, 6.07) is 2.36. The molecule has 1 aromatic rings. The molecule has 0 aliphatic carbocycles. The third-order valence-corrected chi connectivity index (χ3v) is 3.34. The van der Waals surface area contributed by atoms with Crippen LogP contribution in [0.1, 0.15) is 44.2 Å². The van der Waals surface area contributed by atoms with E-state index in [0.29, 0.717) is 12.8 Å². The monoisotopic (exact) mass is 330 g/mol. The van der Waals surface area contributed by atoms with Gasteiger partial charge < -0.3 is 15.3 Å². The second-order valence-corrected chi connectivity index (χ2v) is 5.67. The molecule has 0 unspecified atom stereocenters. The first-order chi connectivity index (χ1) is 10.9. The number of aliphatic hydroxyl groups excluding tert-OH is 3. The first kappa shape index (κ1) is 21.7. The van der Waals surface area contributed by atoms with Crippen LogP contribution in [-0.2, 0) is 13.0 Å². The average Bonchev–Trinajstić information content (AvgIpc) is 2.53. The third kappa shape index (κ3) is 8.79. The van der Waals surface area contributed by atoms with Crippen molar-refractivity contribution in [3.8, 4) is 0 Å². The van der Waals surface area contributed by atoms with E-state index in [9.17, 15) is 8.78 Å². The second-order valence-electron chi connectivity index (χ2n) is 5.67. The van der Waals surface area contributed by atoms with Gasteiger partial charge in [0.15, 0.2) is 0 Å². The maximum Gasteiger partial charge on any atom is 0.129 e. The van der Waals surface area contributed by atoms with Crippen LogP contribution in [0.15, 0.2) is 24.3 Å². The zero-order valence-corrected chi connectivity index (χ0v) is 14.0. The molecule has 1 aromatic carbocycles. The summed E-state index contributed by atoms with van der Waals surface area (Å²) < 4.78 is 27.1. The van der Waals surface area contributed by atoms with E-state index in [2.05, 4.69) is 6.58 Å². The van der Waals surface area contributed by atoms with Crippen molar-refractivity contribution >= 4 is 0 Å². The molecular weight excluding hydrogens is 302 g/mol. The molecule has 0 fully saturated rings. The highest BCUT2D eigenvalue weighted by Gasteiger charge is 2.11. The van der Waals surface area contributed by atoms with E-state index in [4.69, 9.17) is 15.3 Å². The summed E-state index contributed by atoms with van der Waals surface area (Å²) in [4.78, 5) is 0. The number of halogens is 2. The van der Waals surface area contributed by atoms with E-state index < -0.39 is 11.6 Å². The van der Waals surface area contributed by atoms with Crippen molar-refractivity contribution in [2.75, 3.05) is 13.2 Å². The largest absolute Gasteiger partial charge is 0.396 e. The van der Waals surface area contributed by atoms with Gasteiger partial charge in [0.2, 0.25) is 0 Å². The average molecular weight is 330 g/mol. The lowest BCUT2D eigenvalue weighted by Crippen LogP contribution is -2.04. The van der Waals surface area contributed by atoms with Gasteiger partial charge in [0.05, 0.1) is 6.61 Å². The minimum Gasteiger partial charge on any atom is -0.396 e. The molecule has 0 aliphatic rings. The van der Waals surface area contributed by atoms with E-state index in [1.165, 1.54) is 12.1 Å². The highest BCUT2D eigenvalue weighted by atomic mass is 19.1. The summed E-state index contributed by atoms with van der Waals surface area (Å²) >= 11 is 0. The Morgan fingerprint density at radius 1 is 1.09 bits per heavy atom. The van der Waals surface area contributed by atoms with E-state index in [1.807, 2.05) is 6.92 Å². The number of benzene rings is 1. The topological polar surface area (TPSA) is 60.7 Å². The zero-order chi connectivity index (χ0) is 17.8. The molecule has 5 heteroatoms. The smallest absolute Gasteiger partial charge is 0.129 e. The Labute approximate surface area is 137 Å². The Balaban J connectivity index is 0.000000688. The second kappa shape index (κ2) is 12.2. The first-order valence-electron chi connectivity index (χ1n) is 7.85. The molecule has 0 spiro atoms. The van der Waals surface area contributed by atoms with Gasteiger partial charge >= 0.3 is 0 Å². The fraction of sp³-hybridized carbons (Fsp3) is 0.556. The summed E-state index contributed by atoms with van der Waals surface area (Å²) in [6.45, 7) is 7.50. The fourth-order valence-electron chi connectivity index (χ4n) is 1.82. The van der Waals surface area contributed by atoms with Crippen molar-refractivity contribution in [2.24, 2.45) is 5.92 Å². The van der Waals surface area contributed by atoms with Gasteiger partial charge in [-0.2, -0.15) is 0 Å². The molecule has 0 amide bonds. The molecule has 0 saturated carbocycles. The van der Waals surface area contributed by atoms with Crippen LogP contribution in [0.3, 0.4) is 0 Å². The van der Waals surface area contributed by atoms with Crippen molar-refractivity contribution in [3.05, 3.63) is 47.0 Å². The Morgan fingerprint density at radius 2 is 1.61 bits per heavy atom. The highest BCUT2D eigenvalue weighted by Crippen LogP contribution is 2.19. The van der Waals surface area contributed by atoms with E-state index in [0.717, 1.165) is 18.4 Å². The van der Waals surface area contributed by atoms with Crippen LogP contribution in [0, 0.1) is 17.6 Å². The predicted octanol–water partition coefficient (Wildman–Crippen LogP) is 3.35.